The monoisotopic (exact) mass is 517 g/mol. The molecule has 166 valence electrons. The number of unbranched alkanes of at least 4 members (excludes halogenated alkanes) is 1. The van der Waals surface area contributed by atoms with Crippen molar-refractivity contribution in [2.45, 2.75) is 90.3 Å². The van der Waals surface area contributed by atoms with Gasteiger partial charge in [0.1, 0.15) is 12.4 Å². The molecule has 1 aliphatic heterocycles. The Balaban J connectivity index is 0.00000300. The number of piperidine rings is 1. The van der Waals surface area contributed by atoms with Crippen molar-refractivity contribution in [3.63, 3.8) is 0 Å². The molecule has 1 aromatic rings. The number of aliphatic imine (C=N–C) groups is 1. The van der Waals surface area contributed by atoms with E-state index in [0.29, 0.717) is 18.6 Å². The fourth-order valence-corrected chi connectivity index (χ4v) is 4.19. The zero-order chi connectivity index (χ0) is 19.8. The molecule has 1 aliphatic carbocycles. The van der Waals surface area contributed by atoms with E-state index in [1.165, 1.54) is 77.4 Å². The first-order valence-corrected chi connectivity index (χ1v) is 11.3. The van der Waals surface area contributed by atoms with Crippen molar-refractivity contribution in [3.05, 3.63) is 11.6 Å². The van der Waals surface area contributed by atoms with Crippen LogP contribution in [0.15, 0.2) is 4.99 Å². The third-order valence-corrected chi connectivity index (χ3v) is 6.26. The van der Waals surface area contributed by atoms with Crippen molar-refractivity contribution in [1.82, 2.24) is 30.3 Å². The molecule has 0 amide bonds. The maximum Gasteiger partial charge on any atom is 0.192 e. The van der Waals surface area contributed by atoms with E-state index in [1.54, 1.807) is 0 Å². The lowest BCUT2D eigenvalue weighted by Gasteiger charge is -2.34. The molecule has 0 radical (unpaired) electrons. The van der Waals surface area contributed by atoms with E-state index in [-0.39, 0.29) is 24.0 Å². The average Bonchev–Trinajstić information content (AvgIpc) is 3.04. The van der Waals surface area contributed by atoms with Gasteiger partial charge in [0.2, 0.25) is 0 Å². The second-order valence-electron chi connectivity index (χ2n) is 8.48. The van der Waals surface area contributed by atoms with E-state index in [9.17, 15) is 0 Å². The molecular formula is C21H40IN7. The molecule has 2 aliphatic rings. The van der Waals surface area contributed by atoms with Crippen molar-refractivity contribution < 1.29 is 0 Å². The van der Waals surface area contributed by atoms with E-state index in [4.69, 9.17) is 4.99 Å². The molecule has 1 saturated heterocycles. The van der Waals surface area contributed by atoms with Gasteiger partial charge in [-0.25, -0.2) is 4.99 Å². The van der Waals surface area contributed by atoms with Crippen LogP contribution in [0.1, 0.15) is 76.4 Å². The molecule has 1 aromatic heterocycles. The molecular weight excluding hydrogens is 477 g/mol. The van der Waals surface area contributed by atoms with Crippen LogP contribution in [-0.2, 0) is 13.6 Å². The molecule has 0 unspecified atom stereocenters. The fourth-order valence-electron chi connectivity index (χ4n) is 4.19. The number of halogens is 1. The highest BCUT2D eigenvalue weighted by molar-refractivity contribution is 14.0. The van der Waals surface area contributed by atoms with Gasteiger partial charge in [0.25, 0.3) is 0 Å². The van der Waals surface area contributed by atoms with Gasteiger partial charge >= 0.3 is 0 Å². The number of likely N-dealkylation sites (tertiary alicyclic amines) is 1. The van der Waals surface area contributed by atoms with Gasteiger partial charge in [-0.1, -0.05) is 32.6 Å². The van der Waals surface area contributed by atoms with Crippen LogP contribution in [-0.4, -0.2) is 57.3 Å². The molecule has 0 spiro atoms. The minimum Gasteiger partial charge on any atom is -0.354 e. The lowest BCUT2D eigenvalue weighted by Crippen LogP contribution is -2.51. The van der Waals surface area contributed by atoms with Gasteiger partial charge < -0.3 is 20.1 Å². The Morgan fingerprint density at radius 1 is 1.03 bits per heavy atom. The predicted octanol–water partition coefficient (Wildman–Crippen LogP) is 3.37. The van der Waals surface area contributed by atoms with Crippen LogP contribution in [0.5, 0.6) is 0 Å². The van der Waals surface area contributed by atoms with Crippen LogP contribution in [0.3, 0.4) is 0 Å². The van der Waals surface area contributed by atoms with E-state index in [1.807, 2.05) is 18.5 Å². The minimum atomic E-state index is 0. The second kappa shape index (κ2) is 12.7. The van der Waals surface area contributed by atoms with Gasteiger partial charge in [-0.2, -0.15) is 0 Å². The van der Waals surface area contributed by atoms with Crippen LogP contribution >= 0.6 is 24.0 Å². The molecule has 7 nitrogen and oxygen atoms in total. The third kappa shape index (κ3) is 7.70. The predicted molar refractivity (Wildman–Crippen MR) is 130 cm³/mol. The molecule has 2 N–H and O–H groups in total. The Hall–Kier alpha value is -0.900. The molecule has 2 heterocycles. The summed E-state index contributed by atoms with van der Waals surface area (Å²) < 4.78 is 2.02. The summed E-state index contributed by atoms with van der Waals surface area (Å²) >= 11 is 0. The number of aryl methyl sites for hydroxylation is 1. The number of nitrogens with one attached hydrogen (secondary N) is 2. The van der Waals surface area contributed by atoms with Crippen molar-refractivity contribution >= 4 is 29.9 Å². The van der Waals surface area contributed by atoms with E-state index >= 15 is 0 Å². The number of rotatable bonds is 7. The first-order valence-electron chi connectivity index (χ1n) is 11.3. The summed E-state index contributed by atoms with van der Waals surface area (Å²) in [6.07, 6.45) is 11.5. The smallest absolute Gasteiger partial charge is 0.192 e. The highest BCUT2D eigenvalue weighted by atomic mass is 127. The summed E-state index contributed by atoms with van der Waals surface area (Å²) in [5.74, 6) is 2.80. The number of nitrogens with zero attached hydrogens (tertiary/aromatic N) is 5. The van der Waals surface area contributed by atoms with Gasteiger partial charge in [0, 0.05) is 32.2 Å². The number of guanidine groups is 1. The maximum absolute atomic E-state index is 4.88. The largest absolute Gasteiger partial charge is 0.354 e. The number of aromatic nitrogens is 3. The quantitative estimate of drug-likeness (QED) is 0.330. The minimum absolute atomic E-state index is 0. The van der Waals surface area contributed by atoms with Crippen molar-refractivity contribution in [3.8, 4) is 0 Å². The summed E-state index contributed by atoms with van der Waals surface area (Å²) in [5, 5.41) is 15.9. The Morgan fingerprint density at radius 2 is 1.69 bits per heavy atom. The van der Waals surface area contributed by atoms with Crippen LogP contribution < -0.4 is 10.6 Å². The van der Waals surface area contributed by atoms with Gasteiger partial charge in [0.15, 0.2) is 11.8 Å². The third-order valence-electron chi connectivity index (χ3n) is 6.26. The molecule has 0 aromatic carbocycles. The first-order chi connectivity index (χ1) is 13.7. The topological polar surface area (TPSA) is 70.4 Å². The summed E-state index contributed by atoms with van der Waals surface area (Å²) in [4.78, 5) is 7.49. The molecule has 1 saturated carbocycles. The van der Waals surface area contributed by atoms with Gasteiger partial charge in [-0.15, -0.1) is 34.2 Å². The lowest BCUT2D eigenvalue weighted by molar-refractivity contribution is 0.203. The summed E-state index contributed by atoms with van der Waals surface area (Å²) in [6.45, 7) is 8.44. The SMILES string of the molecule is CCCCN1CCC(NC(=NCc2nnc(C)n2C)NC2CCCCC2)CC1.I. The molecule has 29 heavy (non-hydrogen) atoms. The summed E-state index contributed by atoms with van der Waals surface area (Å²) in [5.41, 5.74) is 0. The summed E-state index contributed by atoms with van der Waals surface area (Å²) in [6, 6.07) is 1.06. The van der Waals surface area contributed by atoms with Crippen LogP contribution in [0.4, 0.5) is 0 Å². The highest BCUT2D eigenvalue weighted by Crippen LogP contribution is 2.18. The zero-order valence-electron chi connectivity index (χ0n) is 18.5. The fraction of sp³-hybridized carbons (Fsp3) is 0.857. The number of hydrogen-bond acceptors (Lipinski definition) is 4. The van der Waals surface area contributed by atoms with Gasteiger partial charge in [-0.05, 0) is 45.6 Å². The van der Waals surface area contributed by atoms with Crippen molar-refractivity contribution in [2.75, 3.05) is 19.6 Å². The van der Waals surface area contributed by atoms with Crippen molar-refractivity contribution in [1.29, 1.82) is 0 Å². The van der Waals surface area contributed by atoms with Crippen molar-refractivity contribution in [2.24, 2.45) is 12.0 Å². The molecule has 2 fully saturated rings. The Labute approximate surface area is 193 Å². The van der Waals surface area contributed by atoms with Crippen LogP contribution in [0, 0.1) is 6.92 Å². The Kier molecular flexibility index (Phi) is 10.7. The second-order valence-corrected chi connectivity index (χ2v) is 8.48. The zero-order valence-corrected chi connectivity index (χ0v) is 20.8. The standard InChI is InChI=1S/C21H39N7.HI/c1-4-5-13-28-14-11-19(12-15-28)24-21(23-18-9-7-6-8-10-18)22-16-20-26-25-17(2)27(20)3;/h18-19H,4-16H2,1-3H3,(H2,22,23,24);1H. The summed E-state index contributed by atoms with van der Waals surface area (Å²) in [7, 11) is 2.01. The van der Waals surface area contributed by atoms with E-state index < -0.39 is 0 Å². The Morgan fingerprint density at radius 3 is 2.28 bits per heavy atom. The normalized spacial score (nSPS) is 19.8. The van der Waals surface area contributed by atoms with Crippen LogP contribution in [0.25, 0.3) is 0 Å². The lowest BCUT2D eigenvalue weighted by atomic mass is 9.95. The number of hydrogen-bond donors (Lipinski definition) is 2. The van der Waals surface area contributed by atoms with Crippen LogP contribution in [0.2, 0.25) is 0 Å². The average molecular weight is 518 g/mol. The van der Waals surface area contributed by atoms with Gasteiger partial charge in [-0.3, -0.25) is 0 Å². The first kappa shape index (κ1) is 24.4. The molecule has 0 bridgehead atoms. The highest BCUT2D eigenvalue weighted by Gasteiger charge is 2.21. The van der Waals surface area contributed by atoms with E-state index in [2.05, 4.69) is 32.7 Å². The molecule has 0 atom stereocenters. The van der Waals surface area contributed by atoms with Gasteiger partial charge in [0.05, 0.1) is 0 Å². The maximum atomic E-state index is 4.88. The molecule has 8 heteroatoms. The Bertz CT molecular complexity index is 617. The van der Waals surface area contributed by atoms with E-state index in [0.717, 1.165) is 17.6 Å². The molecule has 3 rings (SSSR count).